The molecular weight excluding hydrogens is 1060 g/mol. The molecule has 358 valence electrons. The molecule has 0 amide bonds. The molecule has 0 radical (unpaired) electrons. The summed E-state index contributed by atoms with van der Waals surface area (Å²) in [6.45, 7) is 20.5. The fraction of sp³-hybridized carbons (Fsp3) is 0.182. The third-order valence-electron chi connectivity index (χ3n) is 14.3. The normalized spacial score (nSPS) is 12.4. The first-order chi connectivity index (χ1) is 34.1. The number of fused-ring (bicyclic) bond motifs is 10. The maximum absolute atomic E-state index is 6.77. The second-order valence-corrected chi connectivity index (χ2v) is 22.1. The Bertz CT molecular complexity index is 3890. The zero-order valence-electron chi connectivity index (χ0n) is 42.3. The minimum Gasteiger partial charge on any atom is -0.510 e. The molecule has 0 N–H and O–H groups in total. The molecule has 5 nitrogen and oxygen atoms in total. The Morgan fingerprint density at radius 3 is 1.72 bits per heavy atom. The van der Waals surface area contributed by atoms with Crippen molar-refractivity contribution >= 4 is 32.8 Å². The van der Waals surface area contributed by atoms with Gasteiger partial charge in [-0.05, 0) is 107 Å². The van der Waals surface area contributed by atoms with E-state index in [1.165, 1.54) is 38.9 Å². The molecule has 0 atom stereocenters. The zero-order valence-corrected chi connectivity index (χ0v) is 44.5. The third-order valence-corrected chi connectivity index (χ3v) is 14.3. The summed E-state index contributed by atoms with van der Waals surface area (Å²) in [6.07, 6.45) is 5.87. The van der Waals surface area contributed by atoms with Gasteiger partial charge in [0.1, 0.15) is 5.82 Å². The van der Waals surface area contributed by atoms with Crippen molar-refractivity contribution in [3.8, 4) is 73.2 Å². The van der Waals surface area contributed by atoms with Crippen molar-refractivity contribution in [2.24, 2.45) is 0 Å². The minimum atomic E-state index is -0.0620. The van der Waals surface area contributed by atoms with Gasteiger partial charge in [0.2, 0.25) is 0 Å². The van der Waals surface area contributed by atoms with Crippen LogP contribution in [-0.2, 0) is 37.3 Å². The van der Waals surface area contributed by atoms with Gasteiger partial charge in [0.15, 0.2) is 0 Å². The summed E-state index contributed by atoms with van der Waals surface area (Å²) >= 11 is 0. The molecule has 1 aliphatic heterocycles. The number of imidazole rings is 1. The molecule has 1 aliphatic rings. The predicted molar refractivity (Wildman–Crippen MR) is 291 cm³/mol. The molecule has 8 aromatic carbocycles. The van der Waals surface area contributed by atoms with Crippen molar-refractivity contribution in [3.05, 3.63) is 211 Å². The summed E-state index contributed by atoms with van der Waals surface area (Å²) in [5.74, 6) is 2.01. The van der Waals surface area contributed by atoms with Gasteiger partial charge in [0, 0.05) is 44.3 Å². The molecule has 0 unspecified atom stereocenters. The third kappa shape index (κ3) is 7.99. The predicted octanol–water partition coefficient (Wildman–Crippen LogP) is 16.5. The number of benzene rings is 8. The molecule has 12 rings (SSSR count). The van der Waals surface area contributed by atoms with Gasteiger partial charge < -0.3 is 13.9 Å². The van der Waals surface area contributed by atoms with E-state index in [4.69, 9.17) is 9.72 Å². The van der Waals surface area contributed by atoms with Gasteiger partial charge in [-0.25, -0.2) is 4.98 Å². The summed E-state index contributed by atoms with van der Waals surface area (Å²) in [5.41, 5.74) is 18.8. The van der Waals surface area contributed by atoms with Gasteiger partial charge in [-0.1, -0.05) is 189 Å². The number of aromatic nitrogens is 4. The van der Waals surface area contributed by atoms with E-state index in [0.29, 0.717) is 11.5 Å². The van der Waals surface area contributed by atoms with Crippen molar-refractivity contribution in [3.63, 3.8) is 0 Å². The first kappa shape index (κ1) is 47.0. The van der Waals surface area contributed by atoms with Crippen LogP contribution in [-0.4, -0.2) is 14.1 Å². The summed E-state index contributed by atoms with van der Waals surface area (Å²) in [5, 5.41) is 2.22. The number of para-hydroxylation sites is 3. The van der Waals surface area contributed by atoms with Crippen LogP contribution in [0.25, 0.3) is 94.5 Å². The Morgan fingerprint density at radius 1 is 0.472 bits per heavy atom. The first-order valence-electron chi connectivity index (χ1n) is 24.7. The van der Waals surface area contributed by atoms with E-state index >= 15 is 0 Å². The van der Waals surface area contributed by atoms with Crippen LogP contribution in [0.4, 0.5) is 0 Å². The van der Waals surface area contributed by atoms with Crippen LogP contribution >= 0.6 is 0 Å². The molecule has 11 aromatic rings. The SMILES string of the molecule is CC(C)(C)c1cc(-c2cccc3c2-[n+]2[c-]n(-c4[c-]c(Oc5[c-]c6c(cc5)c5ccccc5n6-c5cc(C(C)(C)C)ccn5)ccc4)c4cccc(c42)-c2ccccc2-c2ccccc2-3)cc(C(C)(C)C)c1.[Pt]. The van der Waals surface area contributed by atoms with Gasteiger partial charge in [0.05, 0.1) is 16.7 Å². The average molecular weight is 1120 g/mol. The standard InChI is InChI=1S/C66H56N4O.Pt/c1-64(2,3)43-33-34-67-61(38-43)70-58-29-15-14-25-54(58)55-32-31-48(40-60(55)70)71-47-20-16-19-46(39-47)68-41-69-62-49(42-35-44(65(4,5)6)37-45(36-42)66(7,8)9)26-17-27-56(62)52-23-12-10-21-50(52)51-22-11-13-24-53(51)57-28-18-30-59(68)63(57)69;/h10-38H,1-9H3;/q-2;. The zero-order chi connectivity index (χ0) is 49.0. The van der Waals surface area contributed by atoms with E-state index in [0.717, 1.165) is 72.3 Å². The fourth-order valence-corrected chi connectivity index (χ4v) is 10.4. The topological polar surface area (TPSA) is 35.9 Å². The van der Waals surface area contributed by atoms with E-state index in [1.54, 1.807) is 0 Å². The van der Waals surface area contributed by atoms with Crippen LogP contribution in [0, 0.1) is 18.5 Å². The largest absolute Gasteiger partial charge is 0.510 e. The van der Waals surface area contributed by atoms with Crippen molar-refractivity contribution in [2.75, 3.05) is 0 Å². The fourth-order valence-electron chi connectivity index (χ4n) is 10.4. The second-order valence-electron chi connectivity index (χ2n) is 22.1. The molecule has 0 spiro atoms. The molecule has 0 saturated carbocycles. The first-order valence-corrected chi connectivity index (χ1v) is 24.7. The molecule has 72 heavy (non-hydrogen) atoms. The Hall–Kier alpha value is -7.33. The smallest absolute Gasteiger partial charge is 0.268 e. The monoisotopic (exact) mass is 1120 g/mol. The molecule has 6 heteroatoms. The quantitative estimate of drug-likeness (QED) is 0.127. The molecule has 0 saturated heterocycles. The van der Waals surface area contributed by atoms with Gasteiger partial charge >= 0.3 is 0 Å². The van der Waals surface area contributed by atoms with Crippen LogP contribution < -0.4 is 9.30 Å². The average Bonchev–Trinajstić information content (AvgIpc) is 3.92. The Kier molecular flexibility index (Phi) is 11.4. The molecule has 3 aromatic heterocycles. The number of hydrogen-bond donors (Lipinski definition) is 0. The molecule has 0 aliphatic carbocycles. The van der Waals surface area contributed by atoms with Gasteiger partial charge in [-0.2, -0.15) is 18.2 Å². The number of rotatable bonds is 5. The van der Waals surface area contributed by atoms with Crippen LogP contribution in [0.5, 0.6) is 11.5 Å². The Labute approximate surface area is 437 Å². The summed E-state index contributed by atoms with van der Waals surface area (Å²) in [7, 11) is 0. The van der Waals surface area contributed by atoms with Crippen molar-refractivity contribution in [2.45, 2.75) is 78.6 Å². The maximum atomic E-state index is 6.77. The van der Waals surface area contributed by atoms with Gasteiger partial charge in [-0.3, -0.25) is 4.57 Å². The van der Waals surface area contributed by atoms with E-state index in [-0.39, 0.29) is 37.3 Å². The maximum Gasteiger partial charge on any atom is 0.268 e. The molecular formula is C66H56N4OPt-2. The minimum absolute atomic E-state index is 0. The number of hydrogen-bond acceptors (Lipinski definition) is 2. The summed E-state index contributed by atoms with van der Waals surface area (Å²) < 4.78 is 13.4. The van der Waals surface area contributed by atoms with E-state index < -0.39 is 0 Å². The number of nitrogens with zero attached hydrogens (tertiary/aromatic N) is 4. The van der Waals surface area contributed by atoms with E-state index in [9.17, 15) is 0 Å². The van der Waals surface area contributed by atoms with Crippen molar-refractivity contribution in [1.82, 2.24) is 14.1 Å². The van der Waals surface area contributed by atoms with Crippen LogP contribution in [0.1, 0.15) is 79.0 Å². The molecule has 0 fully saturated rings. The van der Waals surface area contributed by atoms with Crippen LogP contribution in [0.3, 0.4) is 0 Å². The number of pyridine rings is 1. The molecule has 0 bridgehead atoms. The van der Waals surface area contributed by atoms with E-state index in [2.05, 4.69) is 246 Å². The Balaban J connectivity index is 0.00000560. The Morgan fingerprint density at radius 2 is 1.03 bits per heavy atom. The molecule has 4 heterocycles. The van der Waals surface area contributed by atoms with Gasteiger partial charge in [0.25, 0.3) is 6.33 Å². The van der Waals surface area contributed by atoms with Crippen LogP contribution in [0.2, 0.25) is 0 Å². The summed E-state index contributed by atoms with van der Waals surface area (Å²) in [6, 6.07) is 68.6. The van der Waals surface area contributed by atoms with Crippen molar-refractivity contribution in [1.29, 1.82) is 0 Å². The van der Waals surface area contributed by atoms with Gasteiger partial charge in [-0.15, -0.1) is 29.7 Å². The van der Waals surface area contributed by atoms with E-state index in [1.807, 2.05) is 24.4 Å². The second kappa shape index (κ2) is 17.5. The van der Waals surface area contributed by atoms with Crippen LogP contribution in [0.15, 0.2) is 176 Å². The number of ether oxygens (including phenoxy) is 1. The summed E-state index contributed by atoms with van der Waals surface area (Å²) in [4.78, 5) is 4.89. The van der Waals surface area contributed by atoms with Crippen molar-refractivity contribution < 1.29 is 30.4 Å².